The van der Waals surface area contributed by atoms with E-state index in [2.05, 4.69) is 41.0 Å². The van der Waals surface area contributed by atoms with Crippen LogP contribution in [0.3, 0.4) is 0 Å². The van der Waals surface area contributed by atoms with Crippen LogP contribution in [0.15, 0.2) is 54.6 Å². The maximum Gasteiger partial charge on any atom is 0.251 e. The van der Waals surface area contributed by atoms with E-state index in [4.69, 9.17) is 5.73 Å². The minimum atomic E-state index is -1.13. The SMILES string of the molecule is CCN(C(=O)CC1CC2(CCNCC2)c2ccccc21)C(=O)[C@@H](CCCc1ccccc1)NC(=O)C(C)(C)N.Cl. The smallest absolute Gasteiger partial charge is 0.251 e. The zero-order chi connectivity index (χ0) is 28.0. The standard InChI is InChI=1S/C32H44N4O3.ClH/c1-4-36(28(37)21-24-22-32(17-19-34-20-18-32)26-15-9-8-14-25(24)26)29(38)27(35-30(39)31(2,3)33)16-10-13-23-11-6-5-7-12-23;/h5-9,11-12,14-15,24,27,34H,4,10,13,16-22,33H2,1-3H3,(H,35,39);1H/t24?,27-;/m1./s1. The quantitative estimate of drug-likeness (QED) is 0.398. The van der Waals surface area contributed by atoms with Crippen molar-refractivity contribution in [1.29, 1.82) is 0 Å². The molecule has 1 unspecified atom stereocenters. The summed E-state index contributed by atoms with van der Waals surface area (Å²) >= 11 is 0. The van der Waals surface area contributed by atoms with Gasteiger partial charge in [0.05, 0.1) is 5.54 Å². The number of hydrogen-bond donors (Lipinski definition) is 3. The Morgan fingerprint density at radius 3 is 2.38 bits per heavy atom. The van der Waals surface area contributed by atoms with Gasteiger partial charge < -0.3 is 16.4 Å². The van der Waals surface area contributed by atoms with E-state index in [1.165, 1.54) is 21.6 Å². The fourth-order valence-electron chi connectivity index (χ4n) is 6.31. The van der Waals surface area contributed by atoms with Crippen LogP contribution in [0.2, 0.25) is 0 Å². The monoisotopic (exact) mass is 568 g/mol. The molecule has 1 aliphatic carbocycles. The summed E-state index contributed by atoms with van der Waals surface area (Å²) in [6.45, 7) is 7.28. The van der Waals surface area contributed by atoms with Gasteiger partial charge >= 0.3 is 0 Å². The van der Waals surface area contributed by atoms with Crippen molar-refractivity contribution in [3.8, 4) is 0 Å². The third kappa shape index (κ3) is 7.31. The van der Waals surface area contributed by atoms with E-state index in [9.17, 15) is 14.4 Å². The van der Waals surface area contributed by atoms with Crippen molar-refractivity contribution < 1.29 is 14.4 Å². The normalized spacial score (nSPS) is 18.4. The van der Waals surface area contributed by atoms with Crippen LogP contribution in [-0.4, -0.2) is 53.8 Å². The molecule has 2 aromatic carbocycles. The lowest BCUT2D eigenvalue weighted by Crippen LogP contribution is -2.57. The molecule has 2 aromatic rings. The summed E-state index contributed by atoms with van der Waals surface area (Å²) in [6, 6.07) is 17.8. The van der Waals surface area contributed by atoms with E-state index in [-0.39, 0.29) is 42.1 Å². The first-order chi connectivity index (χ1) is 18.6. The van der Waals surface area contributed by atoms with Crippen LogP contribution in [0.1, 0.15) is 81.9 Å². The summed E-state index contributed by atoms with van der Waals surface area (Å²) < 4.78 is 0. The molecule has 0 aromatic heterocycles. The van der Waals surface area contributed by atoms with Crippen LogP contribution in [0, 0.1) is 0 Å². The summed E-state index contributed by atoms with van der Waals surface area (Å²) in [5.41, 5.74) is 8.79. The molecule has 3 amide bonds. The van der Waals surface area contributed by atoms with Crippen molar-refractivity contribution in [2.75, 3.05) is 19.6 Å². The Bertz CT molecular complexity index is 1160. The highest BCUT2D eigenvalue weighted by Gasteiger charge is 2.45. The molecule has 1 spiro atoms. The molecule has 1 heterocycles. The Labute approximate surface area is 245 Å². The highest BCUT2D eigenvalue weighted by molar-refractivity contribution is 6.00. The first-order valence-electron chi connectivity index (χ1n) is 14.4. The first-order valence-corrected chi connectivity index (χ1v) is 14.4. The van der Waals surface area contributed by atoms with Gasteiger partial charge in [-0.15, -0.1) is 12.4 Å². The molecule has 1 saturated heterocycles. The van der Waals surface area contributed by atoms with Gasteiger partial charge in [0.1, 0.15) is 6.04 Å². The molecule has 4 rings (SSSR count). The lowest BCUT2D eigenvalue weighted by molar-refractivity contribution is -0.147. The number of carbonyl (C=O) groups is 3. The second-order valence-electron chi connectivity index (χ2n) is 11.8. The number of fused-ring (bicyclic) bond motifs is 2. The fraction of sp³-hybridized carbons (Fsp3) is 0.531. The van der Waals surface area contributed by atoms with Crippen LogP contribution in [-0.2, 0) is 26.2 Å². The maximum atomic E-state index is 13.8. The lowest BCUT2D eigenvalue weighted by Gasteiger charge is -2.35. The number of nitrogens with zero attached hydrogens (tertiary/aromatic N) is 1. The number of carbonyl (C=O) groups excluding carboxylic acids is 3. The predicted octanol–water partition coefficient (Wildman–Crippen LogP) is 4.23. The van der Waals surface area contributed by atoms with E-state index in [1.54, 1.807) is 13.8 Å². The molecule has 0 radical (unpaired) electrons. The van der Waals surface area contributed by atoms with Gasteiger partial charge in [0, 0.05) is 13.0 Å². The highest BCUT2D eigenvalue weighted by Crippen LogP contribution is 2.52. The third-order valence-corrected chi connectivity index (χ3v) is 8.46. The van der Waals surface area contributed by atoms with Gasteiger partial charge in [0.2, 0.25) is 11.8 Å². The number of nitrogens with two attached hydrogens (primary N) is 1. The van der Waals surface area contributed by atoms with Crippen LogP contribution in [0.25, 0.3) is 0 Å². The van der Waals surface area contributed by atoms with Gasteiger partial charge in [-0.05, 0) is 100 Å². The van der Waals surface area contributed by atoms with Crippen molar-refractivity contribution in [3.63, 3.8) is 0 Å². The number of nitrogens with one attached hydrogen (secondary N) is 2. The Kier molecular flexibility index (Phi) is 10.9. The minimum absolute atomic E-state index is 0. The van der Waals surface area contributed by atoms with Gasteiger partial charge in [0.25, 0.3) is 5.91 Å². The fourth-order valence-corrected chi connectivity index (χ4v) is 6.31. The number of amides is 3. The molecule has 7 nitrogen and oxygen atoms in total. The molecular formula is C32H45ClN4O3. The molecule has 2 aliphatic rings. The summed E-state index contributed by atoms with van der Waals surface area (Å²) in [7, 11) is 0. The van der Waals surface area contributed by atoms with E-state index in [0.29, 0.717) is 19.3 Å². The molecule has 0 saturated carbocycles. The average Bonchev–Trinajstić information content (AvgIpc) is 3.21. The van der Waals surface area contributed by atoms with Crippen LogP contribution >= 0.6 is 12.4 Å². The largest absolute Gasteiger partial charge is 0.343 e. The Morgan fingerprint density at radius 1 is 1.07 bits per heavy atom. The maximum absolute atomic E-state index is 13.8. The molecular weight excluding hydrogens is 524 g/mol. The molecule has 8 heteroatoms. The van der Waals surface area contributed by atoms with Crippen molar-refractivity contribution in [3.05, 3.63) is 71.3 Å². The minimum Gasteiger partial charge on any atom is -0.343 e. The summed E-state index contributed by atoms with van der Waals surface area (Å²) in [4.78, 5) is 41.6. The Balaban J connectivity index is 0.00000441. The number of halogens is 1. The molecule has 1 aliphatic heterocycles. The number of piperidine rings is 1. The lowest BCUT2D eigenvalue weighted by atomic mass is 9.73. The molecule has 40 heavy (non-hydrogen) atoms. The summed E-state index contributed by atoms with van der Waals surface area (Å²) in [5.74, 6) is -0.844. The number of hydrogen-bond acceptors (Lipinski definition) is 5. The number of rotatable bonds is 10. The second kappa shape index (κ2) is 13.7. The molecule has 1 fully saturated rings. The summed E-state index contributed by atoms with van der Waals surface area (Å²) in [6.07, 6.45) is 5.27. The number of imide groups is 1. The molecule has 218 valence electrons. The van der Waals surface area contributed by atoms with Crippen LogP contribution in [0.4, 0.5) is 0 Å². The highest BCUT2D eigenvalue weighted by atomic mass is 35.5. The number of aryl methyl sites for hydroxylation is 1. The second-order valence-corrected chi connectivity index (χ2v) is 11.8. The van der Waals surface area contributed by atoms with Crippen LogP contribution in [0.5, 0.6) is 0 Å². The first kappa shape index (κ1) is 31.8. The Morgan fingerprint density at radius 2 is 1.73 bits per heavy atom. The van der Waals surface area contributed by atoms with Crippen LogP contribution < -0.4 is 16.4 Å². The van der Waals surface area contributed by atoms with Gasteiger partial charge in [0.15, 0.2) is 0 Å². The Hall–Kier alpha value is -2.74. The number of likely N-dealkylation sites (N-methyl/N-ethyl adjacent to an activating group) is 1. The summed E-state index contributed by atoms with van der Waals surface area (Å²) in [5, 5.41) is 6.32. The van der Waals surface area contributed by atoms with Crippen molar-refractivity contribution in [1.82, 2.24) is 15.5 Å². The van der Waals surface area contributed by atoms with E-state index < -0.39 is 17.5 Å². The predicted molar refractivity (Wildman–Crippen MR) is 161 cm³/mol. The number of benzene rings is 2. The zero-order valence-electron chi connectivity index (χ0n) is 24.1. The average molecular weight is 569 g/mol. The zero-order valence-corrected chi connectivity index (χ0v) is 24.9. The van der Waals surface area contributed by atoms with Gasteiger partial charge in [-0.3, -0.25) is 19.3 Å². The topological polar surface area (TPSA) is 105 Å². The van der Waals surface area contributed by atoms with E-state index in [1.807, 2.05) is 31.2 Å². The van der Waals surface area contributed by atoms with E-state index >= 15 is 0 Å². The molecule has 2 atom stereocenters. The third-order valence-electron chi connectivity index (χ3n) is 8.46. The molecule has 0 bridgehead atoms. The molecule has 4 N–H and O–H groups in total. The van der Waals surface area contributed by atoms with Gasteiger partial charge in [-0.25, -0.2) is 0 Å². The van der Waals surface area contributed by atoms with Gasteiger partial charge in [-0.1, -0.05) is 54.6 Å². The van der Waals surface area contributed by atoms with Gasteiger partial charge in [-0.2, -0.15) is 0 Å². The van der Waals surface area contributed by atoms with Crippen molar-refractivity contribution in [2.45, 2.75) is 88.6 Å². The van der Waals surface area contributed by atoms with Crippen molar-refractivity contribution in [2.24, 2.45) is 5.73 Å². The van der Waals surface area contributed by atoms with E-state index in [0.717, 1.165) is 38.8 Å². The van der Waals surface area contributed by atoms with Crippen molar-refractivity contribution >= 4 is 30.1 Å².